The highest BCUT2D eigenvalue weighted by atomic mass is 31.2. The van der Waals surface area contributed by atoms with Gasteiger partial charge in [0.25, 0.3) is 0 Å². The van der Waals surface area contributed by atoms with Gasteiger partial charge in [0.2, 0.25) is 11.9 Å². The van der Waals surface area contributed by atoms with Crippen molar-refractivity contribution in [1.29, 1.82) is 0 Å². The van der Waals surface area contributed by atoms with Crippen molar-refractivity contribution >= 4 is 37.4 Å². The Bertz CT molecular complexity index is 1700. The number of anilines is 2. The van der Waals surface area contributed by atoms with E-state index < -0.39 is 13.6 Å². The molecule has 19 heteroatoms. The van der Waals surface area contributed by atoms with E-state index in [1.807, 2.05) is 23.9 Å². The monoisotopic (exact) mass is 758 g/mol. The van der Waals surface area contributed by atoms with Gasteiger partial charge in [-0.05, 0) is 71.5 Å². The van der Waals surface area contributed by atoms with E-state index in [4.69, 9.17) is 25.5 Å². The molecule has 294 valence electrons. The number of carbonyl (C=O) groups excluding carboxylic acids is 1. The molecule has 3 aromatic heterocycles. The first-order chi connectivity index (χ1) is 25.6. The summed E-state index contributed by atoms with van der Waals surface area (Å²) in [7, 11) is -4.14. The number of aryl methyl sites for hydroxylation is 2. The Morgan fingerprint density at radius 3 is 2.40 bits per heavy atom. The lowest BCUT2D eigenvalue weighted by Crippen LogP contribution is -2.40. The highest BCUT2D eigenvalue weighted by molar-refractivity contribution is 7.51. The summed E-state index contributed by atoms with van der Waals surface area (Å²) in [6.07, 6.45) is 17.9. The normalized spacial score (nSPS) is 15.2. The van der Waals surface area contributed by atoms with Gasteiger partial charge in [0.1, 0.15) is 17.2 Å². The maximum Gasteiger partial charge on any atom is 0.327 e. The Balaban J connectivity index is 1.17. The van der Waals surface area contributed by atoms with Gasteiger partial charge in [-0.2, -0.15) is 4.98 Å². The van der Waals surface area contributed by atoms with Gasteiger partial charge in [0, 0.05) is 24.4 Å². The highest BCUT2D eigenvalue weighted by Crippen LogP contribution is 2.33. The summed E-state index contributed by atoms with van der Waals surface area (Å²) < 4.78 is 14.3. The van der Waals surface area contributed by atoms with Gasteiger partial charge in [0.15, 0.2) is 0 Å². The van der Waals surface area contributed by atoms with E-state index in [2.05, 4.69) is 60.2 Å². The van der Waals surface area contributed by atoms with Gasteiger partial charge in [-0.15, -0.1) is 10.2 Å². The molecule has 0 aliphatic heterocycles. The molecule has 1 aliphatic carbocycles. The van der Waals surface area contributed by atoms with Gasteiger partial charge in [0.05, 0.1) is 49.6 Å². The number of nitrogens with two attached hydrogens (primary N) is 1. The summed E-state index contributed by atoms with van der Waals surface area (Å²) in [5, 5.41) is 34.8. The summed E-state index contributed by atoms with van der Waals surface area (Å²) in [4.78, 5) is 40.1. The van der Waals surface area contributed by atoms with Crippen molar-refractivity contribution in [3.63, 3.8) is 0 Å². The van der Waals surface area contributed by atoms with Crippen molar-refractivity contribution in [3.8, 4) is 0 Å². The number of nitrogens with one attached hydrogen (secondary N) is 5. The summed E-state index contributed by atoms with van der Waals surface area (Å²) in [6.45, 7) is 8.93. The number of aromatic nitrogens is 8. The minimum atomic E-state index is -4.14. The van der Waals surface area contributed by atoms with Crippen LogP contribution in [0.25, 0.3) is 12.2 Å². The van der Waals surface area contributed by atoms with E-state index in [1.54, 1.807) is 0 Å². The van der Waals surface area contributed by atoms with Crippen LogP contribution in [0.3, 0.4) is 0 Å². The van der Waals surface area contributed by atoms with Crippen LogP contribution in [0.2, 0.25) is 0 Å². The van der Waals surface area contributed by atoms with Crippen LogP contribution in [0.5, 0.6) is 0 Å². The van der Waals surface area contributed by atoms with Gasteiger partial charge in [-0.25, -0.2) is 4.98 Å². The van der Waals surface area contributed by atoms with Gasteiger partial charge < -0.3 is 42.1 Å². The number of hydrogen-bond donors (Lipinski definition) is 8. The third kappa shape index (κ3) is 15.6. The van der Waals surface area contributed by atoms with Crippen molar-refractivity contribution in [3.05, 3.63) is 34.3 Å². The second kappa shape index (κ2) is 22.4. The van der Waals surface area contributed by atoms with Crippen LogP contribution in [0.4, 0.5) is 11.8 Å². The molecule has 3 aromatic rings. The van der Waals surface area contributed by atoms with Crippen molar-refractivity contribution in [1.82, 2.24) is 55.9 Å². The molecule has 1 saturated carbocycles. The molecule has 0 radical (unpaired) electrons. The minimum absolute atomic E-state index is 0.0250. The van der Waals surface area contributed by atoms with E-state index in [0.29, 0.717) is 43.4 Å². The molecular weight excluding hydrogens is 699 g/mol. The lowest BCUT2D eigenvalue weighted by Gasteiger charge is -2.22. The van der Waals surface area contributed by atoms with Crippen molar-refractivity contribution in [2.24, 2.45) is 5.73 Å². The molecule has 9 N–H and O–H groups in total. The zero-order valence-electron chi connectivity index (χ0n) is 31.2. The zero-order valence-corrected chi connectivity index (χ0v) is 32.1. The molecular formula is C34H59N14O4P. The van der Waals surface area contributed by atoms with Crippen molar-refractivity contribution in [2.75, 3.05) is 43.0 Å². The largest absolute Gasteiger partial charge is 0.369 e. The first-order valence-electron chi connectivity index (χ1n) is 19.0. The molecule has 1 aliphatic rings. The highest BCUT2D eigenvalue weighted by Gasteiger charge is 2.16. The molecule has 1 amide bonds. The maximum atomic E-state index is 12.6. The zero-order chi connectivity index (χ0) is 37.9. The molecule has 0 saturated heterocycles. The van der Waals surface area contributed by atoms with Crippen LogP contribution >= 0.6 is 7.60 Å². The number of carbonyl (C=O) groups is 1. The first-order valence-corrected chi connectivity index (χ1v) is 20.8. The van der Waals surface area contributed by atoms with Gasteiger partial charge in [-0.3, -0.25) is 18.7 Å². The molecule has 4 rings (SSSR count). The number of amides is 1. The SMILES string of the molecule is C/C=c1/nc(NCc2cn(CCCNCCCNC3CCCCC3)nn2)nc(NCCC[C@H](N)C(=O)NCc2cn(CCP(=O)(O)O)nn2)/c1=C/CC. The van der Waals surface area contributed by atoms with Crippen LogP contribution in [-0.2, 0) is 35.5 Å². The fourth-order valence-electron chi connectivity index (χ4n) is 6.07. The molecule has 0 unspecified atom stereocenters. The third-order valence-electron chi connectivity index (χ3n) is 8.95. The molecule has 0 bridgehead atoms. The summed E-state index contributed by atoms with van der Waals surface area (Å²) in [5.74, 6) is 0.839. The Morgan fingerprint density at radius 2 is 1.68 bits per heavy atom. The van der Waals surface area contributed by atoms with Crippen LogP contribution in [-0.4, -0.2) is 100 Å². The summed E-state index contributed by atoms with van der Waals surface area (Å²) >= 11 is 0. The third-order valence-corrected chi connectivity index (χ3v) is 9.73. The topological polar surface area (TPSA) is 248 Å². The average Bonchev–Trinajstić information content (AvgIpc) is 3.82. The Morgan fingerprint density at radius 1 is 0.962 bits per heavy atom. The Labute approximate surface area is 311 Å². The van der Waals surface area contributed by atoms with Crippen molar-refractivity contribution < 1.29 is 19.1 Å². The predicted molar refractivity (Wildman–Crippen MR) is 205 cm³/mol. The van der Waals surface area contributed by atoms with Crippen LogP contribution in [0, 0.1) is 0 Å². The summed E-state index contributed by atoms with van der Waals surface area (Å²) in [5.41, 5.74) is 7.41. The maximum absolute atomic E-state index is 12.6. The quantitative estimate of drug-likeness (QED) is 0.0460. The number of nitrogens with zero attached hydrogens (tertiary/aromatic N) is 8. The average molecular weight is 759 g/mol. The lowest BCUT2D eigenvalue weighted by molar-refractivity contribution is -0.122. The van der Waals surface area contributed by atoms with Crippen LogP contribution < -0.4 is 42.9 Å². The molecule has 0 aromatic carbocycles. The summed E-state index contributed by atoms with van der Waals surface area (Å²) in [6, 6.07) is -0.00976. The smallest absolute Gasteiger partial charge is 0.327 e. The second-order valence-corrected chi connectivity index (χ2v) is 15.2. The number of hydrogen-bond acceptors (Lipinski definition) is 13. The standard InChI is InChI=1S/C34H59N14O4P/c1-3-11-29-31(4-2)41-34(40-23-28-24-47(45-44-28)19-10-16-36-15-9-18-37-26-12-6-5-7-13-26)42-32(29)38-17-8-14-30(35)33(49)39-22-27-25-48(46-43-27)20-21-53(50,51)52/h4,11,24-26,30,36-37H,3,5-10,12-23,35H2,1-2H3,(H,39,49)(H2,50,51,52)(H2,38,40,41,42)/b29-11+,31-4+/t30-/m0/s1. The molecule has 3 heterocycles. The van der Waals surface area contributed by atoms with E-state index in [9.17, 15) is 9.36 Å². The van der Waals surface area contributed by atoms with Gasteiger partial charge >= 0.3 is 7.60 Å². The fraction of sp³-hybridized carbons (Fsp3) is 0.676. The molecule has 18 nitrogen and oxygen atoms in total. The van der Waals surface area contributed by atoms with E-state index >= 15 is 0 Å². The Kier molecular flexibility index (Phi) is 17.7. The van der Waals surface area contributed by atoms with E-state index in [-0.39, 0.29) is 25.2 Å². The van der Waals surface area contributed by atoms with Crippen LogP contribution in [0.15, 0.2) is 12.4 Å². The van der Waals surface area contributed by atoms with Crippen LogP contribution in [0.1, 0.15) is 89.4 Å². The predicted octanol–water partition coefficient (Wildman–Crippen LogP) is 0.568. The van der Waals surface area contributed by atoms with E-state index in [1.165, 1.54) is 43.0 Å². The number of rotatable bonds is 24. The van der Waals surface area contributed by atoms with Gasteiger partial charge in [-0.1, -0.05) is 48.8 Å². The molecule has 53 heavy (non-hydrogen) atoms. The molecule has 1 atom stereocenters. The Hall–Kier alpha value is -3.80. The van der Waals surface area contributed by atoms with Crippen molar-refractivity contribution in [2.45, 2.75) is 116 Å². The molecule has 1 fully saturated rings. The lowest BCUT2D eigenvalue weighted by atomic mass is 9.95. The second-order valence-electron chi connectivity index (χ2n) is 13.4. The minimum Gasteiger partial charge on any atom is -0.369 e. The van der Waals surface area contributed by atoms with E-state index in [0.717, 1.165) is 67.7 Å². The first kappa shape index (κ1) is 41.9. The fourth-order valence-corrected chi connectivity index (χ4v) is 6.54. The molecule has 0 spiro atoms.